The summed E-state index contributed by atoms with van der Waals surface area (Å²) < 4.78 is 0. The minimum absolute atomic E-state index is 0.594. The van der Waals surface area contributed by atoms with Crippen molar-refractivity contribution < 1.29 is 0 Å². The van der Waals surface area contributed by atoms with E-state index in [1.807, 2.05) is 6.07 Å². The van der Waals surface area contributed by atoms with E-state index < -0.39 is 0 Å². The summed E-state index contributed by atoms with van der Waals surface area (Å²) >= 11 is 6.25. The van der Waals surface area contributed by atoms with Gasteiger partial charge in [0.25, 0.3) is 0 Å². The summed E-state index contributed by atoms with van der Waals surface area (Å²) in [4.78, 5) is 2.54. The molecule has 2 unspecified atom stereocenters. The Morgan fingerprint density at radius 3 is 2.76 bits per heavy atom. The normalized spacial score (nSPS) is 22.9. The second kappa shape index (κ2) is 7.51. The average Bonchev–Trinajstić information content (AvgIpc) is 2.40. The highest BCUT2D eigenvalue weighted by Gasteiger charge is 2.24. The van der Waals surface area contributed by atoms with Gasteiger partial charge in [-0.15, -0.1) is 0 Å². The Hall–Kier alpha value is -0.730. The van der Waals surface area contributed by atoms with Crippen LogP contribution < -0.4 is 10.2 Å². The Morgan fingerprint density at radius 2 is 2.10 bits per heavy atom. The predicted molar refractivity (Wildman–Crippen MR) is 93.2 cm³/mol. The molecule has 0 radical (unpaired) electrons. The van der Waals surface area contributed by atoms with Crippen LogP contribution in [0.2, 0.25) is 5.02 Å². The van der Waals surface area contributed by atoms with E-state index in [0.717, 1.165) is 30.6 Å². The summed E-state index contributed by atoms with van der Waals surface area (Å²) in [6, 6.07) is 6.92. The molecule has 2 nitrogen and oxygen atoms in total. The quantitative estimate of drug-likeness (QED) is 0.847. The van der Waals surface area contributed by atoms with Crippen LogP contribution in [0.4, 0.5) is 5.69 Å². The maximum atomic E-state index is 6.25. The van der Waals surface area contributed by atoms with Gasteiger partial charge in [-0.3, -0.25) is 0 Å². The van der Waals surface area contributed by atoms with Gasteiger partial charge in [-0.1, -0.05) is 38.4 Å². The molecule has 0 aliphatic carbocycles. The highest BCUT2D eigenvalue weighted by Crippen LogP contribution is 2.32. The topological polar surface area (TPSA) is 15.3 Å². The molecule has 3 heteroatoms. The Bertz CT molecular complexity index is 459. The van der Waals surface area contributed by atoms with Crippen molar-refractivity contribution in [3.63, 3.8) is 0 Å². The van der Waals surface area contributed by atoms with Gasteiger partial charge in [-0.05, 0) is 55.8 Å². The molecule has 0 bridgehead atoms. The van der Waals surface area contributed by atoms with Crippen LogP contribution >= 0.6 is 11.6 Å². The lowest BCUT2D eigenvalue weighted by atomic mass is 9.92. The van der Waals surface area contributed by atoms with Crippen LogP contribution in [0.5, 0.6) is 0 Å². The molecule has 2 rings (SSSR count). The lowest BCUT2D eigenvalue weighted by molar-refractivity contribution is 0.377. The average molecular weight is 309 g/mol. The number of anilines is 1. The van der Waals surface area contributed by atoms with Gasteiger partial charge in [-0.2, -0.15) is 0 Å². The van der Waals surface area contributed by atoms with Crippen LogP contribution in [0.3, 0.4) is 0 Å². The number of piperidine rings is 1. The Balaban J connectivity index is 2.14. The SMILES string of the molecule is CC(C)CNCc1ccc(Cl)cc1N1CCC(C)CC1C. The van der Waals surface area contributed by atoms with Gasteiger partial charge in [0.15, 0.2) is 0 Å². The number of hydrogen-bond acceptors (Lipinski definition) is 2. The molecule has 21 heavy (non-hydrogen) atoms. The summed E-state index contributed by atoms with van der Waals surface area (Å²) in [6.07, 6.45) is 2.54. The monoisotopic (exact) mass is 308 g/mol. The highest BCUT2D eigenvalue weighted by molar-refractivity contribution is 6.30. The molecule has 0 aromatic heterocycles. The van der Waals surface area contributed by atoms with E-state index in [0.29, 0.717) is 12.0 Å². The number of hydrogen-bond donors (Lipinski definition) is 1. The number of benzene rings is 1. The molecule has 1 aromatic carbocycles. The van der Waals surface area contributed by atoms with Crippen molar-refractivity contribution in [1.29, 1.82) is 0 Å². The van der Waals surface area contributed by atoms with Crippen LogP contribution in [-0.2, 0) is 6.54 Å². The third-order valence-electron chi connectivity index (χ3n) is 4.36. The van der Waals surface area contributed by atoms with Gasteiger partial charge in [0.2, 0.25) is 0 Å². The summed E-state index contributed by atoms with van der Waals surface area (Å²) in [6.45, 7) is 12.3. The lowest BCUT2D eigenvalue weighted by Gasteiger charge is -2.39. The van der Waals surface area contributed by atoms with Crippen LogP contribution in [0, 0.1) is 11.8 Å². The zero-order chi connectivity index (χ0) is 15.4. The summed E-state index contributed by atoms with van der Waals surface area (Å²) in [5.74, 6) is 1.51. The van der Waals surface area contributed by atoms with E-state index in [1.165, 1.54) is 24.1 Å². The second-order valence-corrected chi connectivity index (χ2v) is 7.41. The van der Waals surface area contributed by atoms with Crippen LogP contribution in [0.25, 0.3) is 0 Å². The van der Waals surface area contributed by atoms with E-state index in [4.69, 9.17) is 11.6 Å². The molecule has 1 saturated heterocycles. The van der Waals surface area contributed by atoms with Gasteiger partial charge in [0, 0.05) is 29.8 Å². The van der Waals surface area contributed by atoms with E-state index in [-0.39, 0.29) is 0 Å². The maximum absolute atomic E-state index is 6.25. The van der Waals surface area contributed by atoms with Crippen molar-refractivity contribution >= 4 is 17.3 Å². The second-order valence-electron chi connectivity index (χ2n) is 6.97. The van der Waals surface area contributed by atoms with E-state index in [9.17, 15) is 0 Å². The van der Waals surface area contributed by atoms with Crippen LogP contribution in [-0.4, -0.2) is 19.1 Å². The largest absolute Gasteiger partial charge is 0.369 e. The van der Waals surface area contributed by atoms with Gasteiger partial charge < -0.3 is 10.2 Å². The minimum atomic E-state index is 0.594. The fourth-order valence-electron chi connectivity index (χ4n) is 3.21. The first-order valence-electron chi connectivity index (χ1n) is 8.23. The smallest absolute Gasteiger partial charge is 0.0429 e. The number of halogens is 1. The fraction of sp³-hybridized carbons (Fsp3) is 0.667. The molecule has 1 aliphatic heterocycles. The Labute approximate surface area is 134 Å². The minimum Gasteiger partial charge on any atom is -0.369 e. The molecule has 0 amide bonds. The highest BCUT2D eigenvalue weighted by atomic mass is 35.5. The molecule has 0 saturated carbocycles. The van der Waals surface area contributed by atoms with E-state index in [2.05, 4.69) is 50.0 Å². The van der Waals surface area contributed by atoms with E-state index >= 15 is 0 Å². The van der Waals surface area contributed by atoms with Crippen LogP contribution in [0.15, 0.2) is 18.2 Å². The van der Waals surface area contributed by atoms with Gasteiger partial charge in [0.1, 0.15) is 0 Å². The zero-order valence-corrected chi connectivity index (χ0v) is 14.6. The molecule has 1 heterocycles. The third kappa shape index (κ3) is 4.62. The molecule has 1 aliphatic rings. The number of nitrogens with one attached hydrogen (secondary N) is 1. The third-order valence-corrected chi connectivity index (χ3v) is 4.60. The first kappa shape index (κ1) is 16.6. The molecule has 2 atom stereocenters. The van der Waals surface area contributed by atoms with Crippen molar-refractivity contribution in [2.45, 2.75) is 53.1 Å². The summed E-state index contributed by atoms with van der Waals surface area (Å²) in [5.41, 5.74) is 2.68. The van der Waals surface area contributed by atoms with Crippen molar-refractivity contribution in [2.75, 3.05) is 18.0 Å². The number of nitrogens with zero attached hydrogens (tertiary/aromatic N) is 1. The molecular formula is C18H29ClN2. The van der Waals surface area contributed by atoms with Crippen molar-refractivity contribution in [3.05, 3.63) is 28.8 Å². The molecular weight excluding hydrogens is 280 g/mol. The molecule has 118 valence electrons. The molecule has 1 fully saturated rings. The summed E-state index contributed by atoms with van der Waals surface area (Å²) in [7, 11) is 0. The standard InChI is InChI=1S/C18H29ClN2/c1-13(2)11-20-12-16-5-6-17(19)10-18(16)21-8-7-14(3)9-15(21)4/h5-6,10,13-15,20H,7-9,11-12H2,1-4H3. The first-order chi connectivity index (χ1) is 9.97. The van der Waals surface area contributed by atoms with Crippen LogP contribution in [0.1, 0.15) is 46.1 Å². The predicted octanol–water partition coefficient (Wildman–Crippen LogP) is 4.71. The van der Waals surface area contributed by atoms with Crippen molar-refractivity contribution in [2.24, 2.45) is 11.8 Å². The van der Waals surface area contributed by atoms with Crippen molar-refractivity contribution in [1.82, 2.24) is 5.32 Å². The Kier molecular flexibility index (Phi) is 5.95. The zero-order valence-electron chi connectivity index (χ0n) is 13.8. The summed E-state index contributed by atoms with van der Waals surface area (Å²) in [5, 5.41) is 4.39. The molecule has 1 aromatic rings. The van der Waals surface area contributed by atoms with Gasteiger partial charge >= 0.3 is 0 Å². The van der Waals surface area contributed by atoms with E-state index in [1.54, 1.807) is 0 Å². The van der Waals surface area contributed by atoms with Gasteiger partial charge in [-0.25, -0.2) is 0 Å². The van der Waals surface area contributed by atoms with Crippen molar-refractivity contribution in [3.8, 4) is 0 Å². The first-order valence-corrected chi connectivity index (χ1v) is 8.61. The fourth-order valence-corrected chi connectivity index (χ4v) is 3.38. The maximum Gasteiger partial charge on any atom is 0.0429 e. The van der Waals surface area contributed by atoms with Gasteiger partial charge in [0.05, 0.1) is 0 Å². The lowest BCUT2D eigenvalue weighted by Crippen LogP contribution is -2.41. The molecule has 0 spiro atoms. The molecule has 1 N–H and O–H groups in total. The number of rotatable bonds is 5. The Morgan fingerprint density at radius 1 is 1.33 bits per heavy atom.